The molecule has 0 saturated carbocycles. The van der Waals surface area contributed by atoms with Gasteiger partial charge in [-0.25, -0.2) is 0 Å². The number of rotatable bonds is 9. The molecule has 0 aliphatic carbocycles. The Kier molecular flexibility index (Phi) is 8.32. The zero-order valence-corrected chi connectivity index (χ0v) is 18.5. The van der Waals surface area contributed by atoms with Gasteiger partial charge in [0.05, 0.1) is 0 Å². The summed E-state index contributed by atoms with van der Waals surface area (Å²) in [5, 5.41) is 0. The molecule has 0 heterocycles. The maximum absolute atomic E-state index is 13.1. The Bertz CT molecular complexity index is 726. The molecular weight excluding hydrogens is 384 g/mol. The molecule has 0 aliphatic heterocycles. The van der Waals surface area contributed by atoms with Crippen LogP contribution in [0.3, 0.4) is 0 Å². The molecule has 0 amide bonds. The molecule has 0 fully saturated rings. The second-order valence-electron chi connectivity index (χ2n) is 7.96. The van der Waals surface area contributed by atoms with E-state index in [1.165, 1.54) is 0 Å². The molecule has 5 heteroatoms. The van der Waals surface area contributed by atoms with Crippen molar-refractivity contribution in [1.82, 2.24) is 0 Å². The Morgan fingerprint density at radius 1 is 0.793 bits per heavy atom. The highest BCUT2D eigenvalue weighted by Gasteiger charge is 2.48. The monoisotopic (exact) mass is 414 g/mol. The number of hydrogen-bond donors (Lipinski definition) is 0. The summed E-state index contributed by atoms with van der Waals surface area (Å²) < 4.78 is 11.0. The van der Waals surface area contributed by atoms with Gasteiger partial charge in [-0.3, -0.25) is 9.59 Å². The van der Waals surface area contributed by atoms with Crippen LogP contribution < -0.4 is 0 Å². The van der Waals surface area contributed by atoms with E-state index < -0.39 is 17.4 Å². The van der Waals surface area contributed by atoms with Crippen LogP contribution in [0.1, 0.15) is 45.2 Å². The number of esters is 2. The number of carbonyl (C=O) groups is 2. The molecule has 0 N–H and O–H groups in total. The van der Waals surface area contributed by atoms with Crippen LogP contribution in [-0.2, 0) is 32.3 Å². The summed E-state index contributed by atoms with van der Waals surface area (Å²) in [7, 11) is 0. The van der Waals surface area contributed by atoms with Gasteiger partial charge in [0.1, 0.15) is 13.2 Å². The summed E-state index contributed by atoms with van der Waals surface area (Å²) >= 11 is 1.56. The van der Waals surface area contributed by atoms with Gasteiger partial charge in [0.2, 0.25) is 0 Å². The lowest BCUT2D eigenvalue weighted by Crippen LogP contribution is -2.44. The maximum Gasteiger partial charge on any atom is 0.324 e. The molecule has 29 heavy (non-hydrogen) atoms. The normalized spacial score (nSPS) is 11.7. The summed E-state index contributed by atoms with van der Waals surface area (Å²) in [5.41, 5.74) is 0.431. The van der Waals surface area contributed by atoms with Crippen molar-refractivity contribution in [3.05, 3.63) is 71.8 Å². The molecule has 0 spiro atoms. The van der Waals surface area contributed by atoms with E-state index in [0.717, 1.165) is 11.1 Å². The fraction of sp³-hybridized carbons (Fsp3) is 0.417. The van der Waals surface area contributed by atoms with Gasteiger partial charge in [-0.1, -0.05) is 88.4 Å². The lowest BCUT2D eigenvalue weighted by Gasteiger charge is -2.30. The van der Waals surface area contributed by atoms with Gasteiger partial charge in [0.25, 0.3) is 0 Å². The third-order valence-electron chi connectivity index (χ3n) is 4.56. The maximum atomic E-state index is 13.1. The average Bonchev–Trinajstić information content (AvgIpc) is 2.72. The Hall–Kier alpha value is -2.27. The van der Waals surface area contributed by atoms with Crippen LogP contribution in [0.2, 0.25) is 0 Å². The summed E-state index contributed by atoms with van der Waals surface area (Å²) in [4.78, 5) is 26.2. The van der Waals surface area contributed by atoms with E-state index in [1.54, 1.807) is 11.8 Å². The minimum absolute atomic E-state index is 0.0974. The van der Waals surface area contributed by atoms with Gasteiger partial charge in [0, 0.05) is 10.5 Å². The fourth-order valence-corrected chi connectivity index (χ4v) is 3.77. The van der Waals surface area contributed by atoms with Crippen molar-refractivity contribution in [3.8, 4) is 0 Å². The van der Waals surface area contributed by atoms with Crippen molar-refractivity contribution < 1.29 is 19.1 Å². The molecule has 0 radical (unpaired) electrons. The quantitative estimate of drug-likeness (QED) is 0.406. The highest BCUT2D eigenvalue weighted by molar-refractivity contribution is 8.00. The molecule has 156 valence electrons. The minimum Gasteiger partial charge on any atom is -0.460 e. The summed E-state index contributed by atoms with van der Waals surface area (Å²) in [5.74, 6) is -0.744. The SMILES string of the molecule is CCC(CSC(C)(C)C)(C(=O)OCc1ccccc1)C(=O)OCc1ccccc1. The molecule has 2 aromatic carbocycles. The summed E-state index contributed by atoms with van der Waals surface area (Å²) in [6.07, 6.45) is 0.317. The molecule has 4 nitrogen and oxygen atoms in total. The van der Waals surface area contributed by atoms with Crippen molar-refractivity contribution >= 4 is 23.7 Å². The van der Waals surface area contributed by atoms with Gasteiger partial charge >= 0.3 is 11.9 Å². The van der Waals surface area contributed by atoms with Crippen molar-refractivity contribution in [3.63, 3.8) is 0 Å². The number of hydrogen-bond acceptors (Lipinski definition) is 5. The van der Waals surface area contributed by atoms with E-state index in [0.29, 0.717) is 12.2 Å². The molecule has 0 aromatic heterocycles. The van der Waals surface area contributed by atoms with Crippen molar-refractivity contribution in [2.45, 2.75) is 52.1 Å². The molecule has 0 atom stereocenters. The molecule has 0 bridgehead atoms. The van der Waals surface area contributed by atoms with Crippen molar-refractivity contribution in [1.29, 1.82) is 0 Å². The van der Waals surface area contributed by atoms with E-state index in [9.17, 15) is 9.59 Å². The number of benzene rings is 2. The van der Waals surface area contributed by atoms with Crippen LogP contribution in [0.4, 0.5) is 0 Å². The zero-order valence-electron chi connectivity index (χ0n) is 17.6. The van der Waals surface area contributed by atoms with Crippen LogP contribution in [-0.4, -0.2) is 22.4 Å². The Morgan fingerprint density at radius 2 is 1.21 bits per heavy atom. The standard InChI is InChI=1S/C24H30O4S/c1-5-24(18-29-23(2,3)4,21(25)27-16-19-12-8-6-9-13-19)22(26)28-17-20-14-10-7-11-15-20/h6-15H,5,16-18H2,1-4H3. The first-order valence-electron chi connectivity index (χ1n) is 9.83. The van der Waals surface area contributed by atoms with E-state index in [1.807, 2.05) is 67.6 Å². The fourth-order valence-electron chi connectivity index (χ4n) is 2.65. The van der Waals surface area contributed by atoms with Crippen LogP contribution in [0.5, 0.6) is 0 Å². The Balaban J connectivity index is 2.15. The smallest absolute Gasteiger partial charge is 0.324 e. The highest BCUT2D eigenvalue weighted by atomic mass is 32.2. The van der Waals surface area contributed by atoms with Gasteiger partial charge < -0.3 is 9.47 Å². The summed E-state index contributed by atoms with van der Waals surface area (Å²) in [6.45, 7) is 8.27. The lowest BCUT2D eigenvalue weighted by atomic mass is 9.87. The average molecular weight is 415 g/mol. The van der Waals surface area contributed by atoms with Crippen LogP contribution in [0.15, 0.2) is 60.7 Å². The second kappa shape index (κ2) is 10.5. The molecule has 0 unspecified atom stereocenters. The molecule has 0 aliphatic rings. The molecule has 0 saturated heterocycles. The molecule has 2 aromatic rings. The predicted molar refractivity (Wildman–Crippen MR) is 117 cm³/mol. The van der Waals surface area contributed by atoms with Gasteiger partial charge in [-0.15, -0.1) is 0 Å². The van der Waals surface area contributed by atoms with Crippen LogP contribution >= 0.6 is 11.8 Å². The Labute approximate surface area is 178 Å². The van der Waals surface area contributed by atoms with Gasteiger partial charge in [-0.2, -0.15) is 11.8 Å². The van der Waals surface area contributed by atoms with Crippen molar-refractivity contribution in [2.24, 2.45) is 5.41 Å². The topological polar surface area (TPSA) is 52.6 Å². The number of ether oxygens (including phenoxy) is 2. The predicted octanol–water partition coefficient (Wildman–Crippen LogP) is 5.40. The zero-order chi connectivity index (χ0) is 21.3. The van der Waals surface area contributed by atoms with E-state index in [2.05, 4.69) is 20.8 Å². The second-order valence-corrected chi connectivity index (χ2v) is 9.76. The third kappa shape index (κ3) is 6.93. The Morgan fingerprint density at radius 3 is 1.55 bits per heavy atom. The van der Waals surface area contributed by atoms with Gasteiger partial charge in [0.15, 0.2) is 5.41 Å². The minimum atomic E-state index is -1.33. The largest absolute Gasteiger partial charge is 0.460 e. The molecular formula is C24H30O4S. The number of thioether (sulfide) groups is 1. The van der Waals surface area contributed by atoms with Crippen LogP contribution in [0, 0.1) is 5.41 Å². The van der Waals surface area contributed by atoms with Crippen molar-refractivity contribution in [2.75, 3.05) is 5.75 Å². The summed E-state index contributed by atoms with van der Waals surface area (Å²) in [6, 6.07) is 18.9. The third-order valence-corrected chi connectivity index (χ3v) is 6.07. The number of carbonyl (C=O) groups excluding carboxylic acids is 2. The van der Waals surface area contributed by atoms with E-state index in [4.69, 9.17) is 9.47 Å². The van der Waals surface area contributed by atoms with Crippen LogP contribution in [0.25, 0.3) is 0 Å². The van der Waals surface area contributed by atoms with E-state index >= 15 is 0 Å². The first-order valence-corrected chi connectivity index (χ1v) is 10.8. The highest BCUT2D eigenvalue weighted by Crippen LogP contribution is 2.36. The lowest BCUT2D eigenvalue weighted by molar-refractivity contribution is -0.172. The van der Waals surface area contributed by atoms with Gasteiger partial charge in [-0.05, 0) is 17.5 Å². The first kappa shape index (κ1) is 23.0. The first-order chi connectivity index (χ1) is 13.8. The van der Waals surface area contributed by atoms with E-state index in [-0.39, 0.29) is 18.0 Å². The molecule has 2 rings (SSSR count).